The molecule has 1 atom stereocenters. The number of carbonyl (C=O) groups excluding carboxylic acids is 2. The van der Waals surface area contributed by atoms with Gasteiger partial charge in [-0.05, 0) is 38.1 Å². The molecule has 0 aliphatic carbocycles. The van der Waals surface area contributed by atoms with E-state index in [1.54, 1.807) is 38.1 Å². The number of thioether (sulfide) groups is 1. The van der Waals surface area contributed by atoms with Gasteiger partial charge in [0.15, 0.2) is 11.6 Å². The SMILES string of the molecule is CCOC(=O)C(C)Sc1ccc(NC(=O)c2ccco2)nn1. The highest BCUT2D eigenvalue weighted by Gasteiger charge is 2.16. The van der Waals surface area contributed by atoms with Crippen molar-refractivity contribution in [2.24, 2.45) is 0 Å². The van der Waals surface area contributed by atoms with E-state index in [9.17, 15) is 9.59 Å². The summed E-state index contributed by atoms with van der Waals surface area (Å²) in [6.07, 6.45) is 1.41. The predicted octanol–water partition coefficient (Wildman–Crippen LogP) is 2.37. The highest BCUT2D eigenvalue weighted by Crippen LogP contribution is 2.22. The molecular weight excluding hydrogens is 306 g/mol. The maximum Gasteiger partial charge on any atom is 0.319 e. The average Bonchev–Trinajstić information content (AvgIpc) is 3.04. The number of ether oxygens (including phenoxy) is 1. The van der Waals surface area contributed by atoms with E-state index in [0.717, 1.165) is 0 Å². The second kappa shape index (κ2) is 7.60. The summed E-state index contributed by atoms with van der Waals surface area (Å²) in [5.74, 6) is -0.213. The summed E-state index contributed by atoms with van der Waals surface area (Å²) in [7, 11) is 0. The largest absolute Gasteiger partial charge is 0.465 e. The van der Waals surface area contributed by atoms with Crippen LogP contribution in [-0.4, -0.2) is 33.9 Å². The quantitative estimate of drug-likeness (QED) is 0.644. The second-order valence-electron chi connectivity index (χ2n) is 4.20. The average molecular weight is 321 g/mol. The van der Waals surface area contributed by atoms with E-state index < -0.39 is 5.91 Å². The Kier molecular flexibility index (Phi) is 5.54. The first kappa shape index (κ1) is 16.0. The third-order valence-electron chi connectivity index (χ3n) is 2.54. The topological polar surface area (TPSA) is 94.3 Å². The molecule has 0 bridgehead atoms. The number of carbonyl (C=O) groups is 2. The van der Waals surface area contributed by atoms with E-state index in [0.29, 0.717) is 17.5 Å². The summed E-state index contributed by atoms with van der Waals surface area (Å²) in [5.41, 5.74) is 0. The van der Waals surface area contributed by atoms with Crippen molar-refractivity contribution in [2.45, 2.75) is 24.1 Å². The fourth-order valence-corrected chi connectivity index (χ4v) is 2.29. The summed E-state index contributed by atoms with van der Waals surface area (Å²) in [4.78, 5) is 23.3. The van der Waals surface area contributed by atoms with Gasteiger partial charge in [-0.1, -0.05) is 11.8 Å². The van der Waals surface area contributed by atoms with Gasteiger partial charge in [0.25, 0.3) is 5.91 Å². The zero-order valence-corrected chi connectivity index (χ0v) is 12.9. The van der Waals surface area contributed by atoms with Crippen LogP contribution in [-0.2, 0) is 9.53 Å². The minimum atomic E-state index is -0.403. The third kappa shape index (κ3) is 4.32. The lowest BCUT2D eigenvalue weighted by molar-refractivity contribution is -0.142. The van der Waals surface area contributed by atoms with Crippen LogP contribution in [0.15, 0.2) is 40.0 Å². The zero-order valence-electron chi connectivity index (χ0n) is 12.1. The number of furan rings is 1. The Bertz CT molecular complexity index is 628. The van der Waals surface area contributed by atoms with Crippen LogP contribution >= 0.6 is 11.8 Å². The van der Waals surface area contributed by atoms with Crippen molar-refractivity contribution in [1.82, 2.24) is 10.2 Å². The van der Waals surface area contributed by atoms with Gasteiger partial charge in [0, 0.05) is 0 Å². The minimum absolute atomic E-state index is 0.191. The predicted molar refractivity (Wildman–Crippen MR) is 80.6 cm³/mol. The number of hydrogen-bond acceptors (Lipinski definition) is 7. The summed E-state index contributed by atoms with van der Waals surface area (Å²) in [5, 5.41) is 10.6. The molecule has 0 aliphatic heterocycles. The first-order valence-corrected chi connectivity index (χ1v) is 7.50. The van der Waals surface area contributed by atoms with Gasteiger partial charge in [0.2, 0.25) is 0 Å². The maximum atomic E-state index is 11.8. The van der Waals surface area contributed by atoms with Crippen molar-refractivity contribution < 1.29 is 18.7 Å². The Morgan fingerprint density at radius 1 is 1.36 bits per heavy atom. The molecule has 0 spiro atoms. The van der Waals surface area contributed by atoms with Gasteiger partial charge in [-0.2, -0.15) is 0 Å². The number of amides is 1. The molecule has 0 aliphatic rings. The van der Waals surface area contributed by atoms with Crippen LogP contribution in [0.2, 0.25) is 0 Å². The standard InChI is InChI=1S/C14H15N3O4S/c1-3-20-14(19)9(2)22-12-7-6-11(16-17-12)15-13(18)10-5-4-8-21-10/h4-9H,3H2,1-2H3,(H,15,16,18). The summed E-state index contributed by atoms with van der Waals surface area (Å²) in [6, 6.07) is 6.45. The van der Waals surface area contributed by atoms with Gasteiger partial charge in [0.05, 0.1) is 12.9 Å². The molecular formula is C14H15N3O4S. The second-order valence-corrected chi connectivity index (χ2v) is 5.56. The summed E-state index contributed by atoms with van der Waals surface area (Å²) >= 11 is 1.24. The third-order valence-corrected chi connectivity index (χ3v) is 3.55. The fraction of sp³-hybridized carbons (Fsp3) is 0.286. The van der Waals surface area contributed by atoms with Crippen LogP contribution < -0.4 is 5.32 Å². The Balaban J connectivity index is 1.93. The van der Waals surface area contributed by atoms with E-state index in [2.05, 4.69) is 15.5 Å². The first-order valence-electron chi connectivity index (χ1n) is 6.62. The van der Waals surface area contributed by atoms with Crippen LogP contribution in [0.1, 0.15) is 24.4 Å². The maximum absolute atomic E-state index is 11.8. The Labute approximate surface area is 131 Å². The van der Waals surface area contributed by atoms with E-state index in [1.165, 1.54) is 18.0 Å². The van der Waals surface area contributed by atoms with Gasteiger partial charge < -0.3 is 14.5 Å². The van der Waals surface area contributed by atoms with Crippen molar-refractivity contribution >= 4 is 29.5 Å². The van der Waals surface area contributed by atoms with Gasteiger partial charge in [-0.25, -0.2) is 0 Å². The van der Waals surface area contributed by atoms with Gasteiger partial charge in [-0.15, -0.1) is 10.2 Å². The van der Waals surface area contributed by atoms with Crippen molar-refractivity contribution in [3.63, 3.8) is 0 Å². The lowest BCUT2D eigenvalue weighted by atomic mass is 10.4. The number of esters is 1. The summed E-state index contributed by atoms with van der Waals surface area (Å²) < 4.78 is 9.90. The molecule has 0 radical (unpaired) electrons. The van der Waals surface area contributed by atoms with Crippen LogP contribution in [0.3, 0.4) is 0 Å². The van der Waals surface area contributed by atoms with Crippen molar-refractivity contribution in [2.75, 3.05) is 11.9 Å². The van der Waals surface area contributed by atoms with Crippen molar-refractivity contribution in [1.29, 1.82) is 0 Å². The molecule has 1 N–H and O–H groups in total. The number of hydrogen-bond donors (Lipinski definition) is 1. The first-order chi connectivity index (χ1) is 10.6. The molecule has 0 fully saturated rings. The van der Waals surface area contributed by atoms with Gasteiger partial charge in [0.1, 0.15) is 10.3 Å². The molecule has 2 rings (SSSR count). The van der Waals surface area contributed by atoms with E-state index in [1.807, 2.05) is 0 Å². The van der Waals surface area contributed by atoms with E-state index in [4.69, 9.17) is 9.15 Å². The molecule has 1 unspecified atom stereocenters. The number of anilines is 1. The van der Waals surface area contributed by atoms with Gasteiger partial charge in [-0.3, -0.25) is 9.59 Å². The molecule has 0 aromatic carbocycles. The Hall–Kier alpha value is -2.35. The molecule has 116 valence electrons. The normalized spacial score (nSPS) is 11.7. The summed E-state index contributed by atoms with van der Waals surface area (Å²) in [6.45, 7) is 3.83. The lowest BCUT2D eigenvalue weighted by Gasteiger charge is -2.09. The Morgan fingerprint density at radius 3 is 2.77 bits per heavy atom. The molecule has 0 saturated carbocycles. The number of nitrogens with one attached hydrogen (secondary N) is 1. The van der Waals surface area contributed by atoms with Gasteiger partial charge >= 0.3 is 5.97 Å². The lowest BCUT2D eigenvalue weighted by Crippen LogP contribution is -2.17. The van der Waals surface area contributed by atoms with E-state index in [-0.39, 0.29) is 17.0 Å². The molecule has 2 aromatic rings. The number of rotatable bonds is 6. The van der Waals surface area contributed by atoms with Crippen LogP contribution in [0.25, 0.3) is 0 Å². The molecule has 22 heavy (non-hydrogen) atoms. The molecule has 2 aromatic heterocycles. The molecule has 1 amide bonds. The van der Waals surface area contributed by atoms with Crippen LogP contribution in [0, 0.1) is 0 Å². The minimum Gasteiger partial charge on any atom is -0.465 e. The molecule has 7 nitrogen and oxygen atoms in total. The molecule has 2 heterocycles. The Morgan fingerprint density at radius 2 is 2.18 bits per heavy atom. The monoisotopic (exact) mass is 321 g/mol. The number of nitrogens with zero attached hydrogens (tertiary/aromatic N) is 2. The highest BCUT2D eigenvalue weighted by molar-refractivity contribution is 8.00. The van der Waals surface area contributed by atoms with E-state index >= 15 is 0 Å². The smallest absolute Gasteiger partial charge is 0.319 e. The van der Waals surface area contributed by atoms with Crippen LogP contribution in [0.5, 0.6) is 0 Å². The van der Waals surface area contributed by atoms with Crippen LogP contribution in [0.4, 0.5) is 5.82 Å². The fourth-order valence-electron chi connectivity index (χ4n) is 1.52. The van der Waals surface area contributed by atoms with Crippen molar-refractivity contribution in [3.05, 3.63) is 36.3 Å². The molecule has 8 heteroatoms. The number of aromatic nitrogens is 2. The zero-order chi connectivity index (χ0) is 15.9. The molecule has 0 saturated heterocycles. The van der Waals surface area contributed by atoms with Crippen molar-refractivity contribution in [3.8, 4) is 0 Å². The highest BCUT2D eigenvalue weighted by atomic mass is 32.2.